The van der Waals surface area contributed by atoms with Gasteiger partial charge in [-0.1, -0.05) is 6.92 Å². The van der Waals surface area contributed by atoms with E-state index < -0.39 is 11.6 Å². The van der Waals surface area contributed by atoms with Crippen LogP contribution in [-0.2, 0) is 0 Å². The topological polar surface area (TPSA) is 102 Å². The predicted molar refractivity (Wildman–Crippen MR) is 111 cm³/mol. The lowest BCUT2D eigenvalue weighted by Crippen LogP contribution is -2.44. The maximum absolute atomic E-state index is 14.4. The first-order chi connectivity index (χ1) is 13.4. The van der Waals surface area contributed by atoms with Gasteiger partial charge in [0.15, 0.2) is 0 Å². The number of benzene rings is 1. The molecular formula is C18H26F2N6S2. The molecule has 28 heavy (non-hydrogen) atoms. The molecule has 3 rings (SSSR count). The lowest BCUT2D eigenvalue weighted by atomic mass is 9.58. The molecule has 3 unspecified atom stereocenters. The molecule has 1 aromatic heterocycles. The molecule has 2 aromatic rings. The third-order valence-electron chi connectivity index (χ3n) is 5.63. The van der Waals surface area contributed by atoms with Crippen molar-refractivity contribution in [1.29, 1.82) is 0 Å². The number of rotatable bonds is 10. The van der Waals surface area contributed by atoms with Gasteiger partial charge in [-0.15, -0.1) is 0 Å². The Kier molecular flexibility index (Phi) is 7.08. The van der Waals surface area contributed by atoms with E-state index in [1.807, 2.05) is 0 Å². The monoisotopic (exact) mass is 428 g/mol. The summed E-state index contributed by atoms with van der Waals surface area (Å²) in [6, 6.07) is 2.35. The minimum Gasteiger partial charge on any atom is -0.382 e. The average Bonchev–Trinajstić information content (AvgIpc) is 3.19. The van der Waals surface area contributed by atoms with Gasteiger partial charge in [0.05, 0.1) is 10.6 Å². The molecule has 0 saturated heterocycles. The molecule has 0 amide bonds. The Morgan fingerprint density at radius 3 is 2.79 bits per heavy atom. The van der Waals surface area contributed by atoms with Gasteiger partial charge >= 0.3 is 0 Å². The van der Waals surface area contributed by atoms with Crippen molar-refractivity contribution >= 4 is 34.3 Å². The van der Waals surface area contributed by atoms with Crippen LogP contribution in [0.25, 0.3) is 0 Å². The molecule has 3 atom stereocenters. The van der Waals surface area contributed by atoms with Gasteiger partial charge in [-0.2, -0.15) is 4.37 Å². The third-order valence-corrected chi connectivity index (χ3v) is 7.17. The second-order valence-corrected chi connectivity index (χ2v) is 9.15. The molecule has 1 aliphatic carbocycles. The van der Waals surface area contributed by atoms with Crippen LogP contribution in [0.4, 0.5) is 19.6 Å². The summed E-state index contributed by atoms with van der Waals surface area (Å²) >= 11 is 2.10. The van der Waals surface area contributed by atoms with Gasteiger partial charge in [0.2, 0.25) is 5.13 Å². The maximum atomic E-state index is 14.4. The van der Waals surface area contributed by atoms with Gasteiger partial charge in [0.1, 0.15) is 18.0 Å². The molecule has 10 heteroatoms. The van der Waals surface area contributed by atoms with Gasteiger partial charge < -0.3 is 21.5 Å². The molecule has 1 aromatic carbocycles. The summed E-state index contributed by atoms with van der Waals surface area (Å²) in [5.74, 6) is -0.319. The summed E-state index contributed by atoms with van der Waals surface area (Å²) in [7, 11) is 0. The number of hydrogen-bond donors (Lipinski definition) is 4. The average molecular weight is 429 g/mol. The van der Waals surface area contributed by atoms with Gasteiger partial charge in [-0.25, -0.2) is 13.8 Å². The van der Waals surface area contributed by atoms with E-state index in [1.165, 1.54) is 18.5 Å². The first kappa shape index (κ1) is 21.2. The number of anilines is 2. The number of nitrogens with one attached hydrogen (secondary N) is 2. The fraction of sp³-hybridized carbons (Fsp3) is 0.556. The Bertz CT molecular complexity index is 774. The Morgan fingerprint density at radius 2 is 2.18 bits per heavy atom. The molecule has 154 valence electrons. The zero-order valence-electron chi connectivity index (χ0n) is 15.8. The summed E-state index contributed by atoms with van der Waals surface area (Å²) in [5, 5.41) is 3.56. The Balaban J connectivity index is 1.58. The van der Waals surface area contributed by atoms with Crippen LogP contribution in [0, 0.1) is 28.9 Å². The highest BCUT2D eigenvalue weighted by molar-refractivity contribution is 8.00. The summed E-state index contributed by atoms with van der Waals surface area (Å²) in [5.41, 5.74) is 12.1. The molecule has 6 N–H and O–H groups in total. The molecule has 0 aliphatic heterocycles. The van der Waals surface area contributed by atoms with Crippen molar-refractivity contribution in [3.63, 3.8) is 0 Å². The van der Waals surface area contributed by atoms with Crippen LogP contribution in [0.5, 0.6) is 0 Å². The van der Waals surface area contributed by atoms with Crippen LogP contribution < -0.4 is 21.5 Å². The van der Waals surface area contributed by atoms with E-state index >= 15 is 0 Å². The standard InChI is InChI=1S/C18H26F2N6S2/c1-18(3-2-12(18)8-22)6-11(7-21)9-23-15-4-14(20)16(5-13(15)19)27-26-17-24-10-25-28-17/h4-5,10-12,23H,2-3,6-9,21-22H2,1H3,(H,24,25,26). The number of aromatic nitrogens is 2. The summed E-state index contributed by atoms with van der Waals surface area (Å²) < 4.78 is 35.5. The van der Waals surface area contributed by atoms with E-state index in [-0.39, 0.29) is 21.9 Å². The zero-order chi connectivity index (χ0) is 20.1. The van der Waals surface area contributed by atoms with Crippen molar-refractivity contribution in [3.05, 3.63) is 30.1 Å². The quantitative estimate of drug-likeness (QED) is 0.428. The molecule has 0 spiro atoms. The Hall–Kier alpha value is -1.49. The van der Waals surface area contributed by atoms with Crippen LogP contribution in [0.2, 0.25) is 0 Å². The highest BCUT2D eigenvalue weighted by Crippen LogP contribution is 2.50. The van der Waals surface area contributed by atoms with Crippen LogP contribution >= 0.6 is 23.5 Å². The van der Waals surface area contributed by atoms with Crippen molar-refractivity contribution in [2.24, 2.45) is 28.7 Å². The maximum Gasteiger partial charge on any atom is 0.212 e. The normalized spacial score (nSPS) is 22.5. The SMILES string of the molecule is CC1(CC(CN)CNc2cc(F)c(SNc3ncns3)cc2F)CCC1CN. The second-order valence-electron chi connectivity index (χ2n) is 7.53. The van der Waals surface area contributed by atoms with Crippen LogP contribution in [-0.4, -0.2) is 29.0 Å². The lowest BCUT2D eigenvalue weighted by Gasteiger charge is -2.48. The van der Waals surface area contributed by atoms with Crippen molar-refractivity contribution < 1.29 is 8.78 Å². The molecule has 0 bridgehead atoms. The van der Waals surface area contributed by atoms with E-state index in [0.29, 0.717) is 30.7 Å². The van der Waals surface area contributed by atoms with Gasteiger partial charge in [-0.3, -0.25) is 0 Å². The van der Waals surface area contributed by atoms with Gasteiger partial charge in [-0.05, 0) is 67.6 Å². The van der Waals surface area contributed by atoms with E-state index in [9.17, 15) is 8.78 Å². The van der Waals surface area contributed by atoms with Crippen molar-refractivity contribution in [3.8, 4) is 0 Å². The smallest absolute Gasteiger partial charge is 0.212 e. The third kappa shape index (κ3) is 4.91. The molecule has 1 aliphatic rings. The number of hydrogen-bond acceptors (Lipinski definition) is 8. The Labute approximate surface area is 172 Å². The summed E-state index contributed by atoms with van der Waals surface area (Å²) in [6.07, 6.45) is 4.62. The molecular weight excluding hydrogens is 402 g/mol. The van der Waals surface area contributed by atoms with Crippen molar-refractivity contribution in [2.75, 3.05) is 29.7 Å². The molecule has 0 radical (unpaired) electrons. The molecule has 1 fully saturated rings. The number of nitrogens with zero attached hydrogens (tertiary/aromatic N) is 2. The number of nitrogens with two attached hydrogens (primary N) is 2. The van der Waals surface area contributed by atoms with E-state index in [4.69, 9.17) is 11.5 Å². The summed E-state index contributed by atoms with van der Waals surface area (Å²) in [6.45, 7) is 3.91. The first-order valence-corrected chi connectivity index (χ1v) is 10.9. The van der Waals surface area contributed by atoms with Crippen molar-refractivity contribution in [1.82, 2.24) is 9.36 Å². The predicted octanol–water partition coefficient (Wildman–Crippen LogP) is 3.69. The zero-order valence-corrected chi connectivity index (χ0v) is 17.4. The minimum absolute atomic E-state index is 0.144. The minimum atomic E-state index is -0.510. The fourth-order valence-electron chi connectivity index (χ4n) is 3.72. The Morgan fingerprint density at radius 1 is 1.36 bits per heavy atom. The number of halogens is 2. The molecule has 1 saturated carbocycles. The van der Waals surface area contributed by atoms with Gasteiger partial charge in [0, 0.05) is 24.1 Å². The highest BCUT2D eigenvalue weighted by Gasteiger charge is 2.42. The van der Waals surface area contributed by atoms with Gasteiger partial charge in [0.25, 0.3) is 0 Å². The largest absolute Gasteiger partial charge is 0.382 e. The van der Waals surface area contributed by atoms with E-state index in [1.54, 1.807) is 0 Å². The van der Waals surface area contributed by atoms with Crippen molar-refractivity contribution in [2.45, 2.75) is 31.1 Å². The van der Waals surface area contributed by atoms with E-state index in [2.05, 4.69) is 26.3 Å². The first-order valence-electron chi connectivity index (χ1n) is 9.27. The highest BCUT2D eigenvalue weighted by atomic mass is 32.2. The van der Waals surface area contributed by atoms with E-state index in [0.717, 1.165) is 42.7 Å². The van der Waals surface area contributed by atoms with Crippen LogP contribution in [0.15, 0.2) is 23.4 Å². The summed E-state index contributed by atoms with van der Waals surface area (Å²) in [4.78, 5) is 4.09. The molecule has 6 nitrogen and oxygen atoms in total. The fourth-order valence-corrected chi connectivity index (χ4v) is 4.86. The van der Waals surface area contributed by atoms with Crippen LogP contribution in [0.1, 0.15) is 26.2 Å². The lowest BCUT2D eigenvalue weighted by molar-refractivity contribution is 0.0318. The second kappa shape index (κ2) is 9.34. The molecule has 1 heterocycles. The van der Waals surface area contributed by atoms with Crippen LogP contribution in [0.3, 0.4) is 0 Å².